The average molecular weight is 298 g/mol. The number of alkyl halides is 3. The standard InChI is InChI=1S/C14H13F3N2S/c1-19(2)11-5-3-9(4-6-11)12-7-10(14(15,16)17)8-13(20)18-12/h3-8H,1-2H3,(H,18,20). The maximum atomic E-state index is 12.8. The zero-order chi connectivity index (χ0) is 14.9. The van der Waals surface area contributed by atoms with Crippen molar-refractivity contribution >= 4 is 17.9 Å². The van der Waals surface area contributed by atoms with E-state index in [-0.39, 0.29) is 4.64 Å². The van der Waals surface area contributed by atoms with Crippen LogP contribution in [-0.2, 0) is 6.18 Å². The van der Waals surface area contributed by atoms with Crippen molar-refractivity contribution in [2.45, 2.75) is 6.18 Å². The number of aromatic amines is 1. The van der Waals surface area contributed by atoms with E-state index in [1.807, 2.05) is 31.1 Å². The third-order valence-corrected chi connectivity index (χ3v) is 3.09. The maximum absolute atomic E-state index is 12.8. The number of hydrogen-bond acceptors (Lipinski definition) is 2. The summed E-state index contributed by atoms with van der Waals surface area (Å²) < 4.78 is 38.4. The number of nitrogens with zero attached hydrogens (tertiary/aromatic N) is 1. The molecule has 106 valence electrons. The quantitative estimate of drug-likeness (QED) is 0.823. The summed E-state index contributed by atoms with van der Waals surface area (Å²) in [5, 5.41) is 0. The van der Waals surface area contributed by atoms with Gasteiger partial charge in [-0.2, -0.15) is 13.2 Å². The molecule has 2 aromatic rings. The smallest absolute Gasteiger partial charge is 0.378 e. The van der Waals surface area contributed by atoms with Gasteiger partial charge in [-0.3, -0.25) is 0 Å². The molecule has 0 unspecified atom stereocenters. The molecule has 0 saturated carbocycles. The second kappa shape index (κ2) is 5.28. The Kier molecular flexibility index (Phi) is 3.85. The number of anilines is 1. The van der Waals surface area contributed by atoms with Crippen LogP contribution in [0, 0.1) is 4.64 Å². The van der Waals surface area contributed by atoms with E-state index in [0.29, 0.717) is 11.3 Å². The van der Waals surface area contributed by atoms with Crippen molar-refractivity contribution in [3.8, 4) is 11.3 Å². The SMILES string of the molecule is CN(C)c1ccc(-c2cc(C(F)(F)F)cc(=S)[nH]2)cc1. The van der Waals surface area contributed by atoms with Gasteiger partial charge >= 0.3 is 6.18 Å². The summed E-state index contributed by atoms with van der Waals surface area (Å²) in [5.41, 5.74) is 1.25. The first-order valence-corrected chi connectivity index (χ1v) is 6.27. The number of H-pyrrole nitrogens is 1. The molecule has 0 aliphatic heterocycles. The van der Waals surface area contributed by atoms with E-state index in [0.717, 1.165) is 17.8 Å². The predicted octanol–water partition coefficient (Wildman–Crippen LogP) is 4.50. The van der Waals surface area contributed by atoms with Gasteiger partial charge in [-0.05, 0) is 29.8 Å². The van der Waals surface area contributed by atoms with Gasteiger partial charge in [-0.1, -0.05) is 24.4 Å². The van der Waals surface area contributed by atoms with Gasteiger partial charge in [0.2, 0.25) is 0 Å². The molecular weight excluding hydrogens is 285 g/mol. The molecule has 0 aliphatic carbocycles. The Labute approximate surface area is 119 Å². The number of aromatic nitrogens is 1. The van der Waals surface area contributed by atoms with Gasteiger partial charge in [0.1, 0.15) is 4.64 Å². The molecule has 0 spiro atoms. The van der Waals surface area contributed by atoms with E-state index in [4.69, 9.17) is 12.2 Å². The van der Waals surface area contributed by atoms with Crippen LogP contribution in [0.15, 0.2) is 36.4 Å². The fourth-order valence-corrected chi connectivity index (χ4v) is 2.04. The van der Waals surface area contributed by atoms with Crippen LogP contribution in [0.2, 0.25) is 0 Å². The molecule has 0 radical (unpaired) electrons. The molecule has 2 rings (SSSR count). The fourth-order valence-electron chi connectivity index (χ4n) is 1.80. The van der Waals surface area contributed by atoms with Crippen LogP contribution in [0.4, 0.5) is 18.9 Å². The van der Waals surface area contributed by atoms with Crippen LogP contribution in [0.1, 0.15) is 5.56 Å². The Morgan fingerprint density at radius 1 is 1.05 bits per heavy atom. The highest BCUT2D eigenvalue weighted by atomic mass is 32.1. The number of rotatable bonds is 2. The van der Waals surface area contributed by atoms with Crippen LogP contribution in [0.25, 0.3) is 11.3 Å². The Hall–Kier alpha value is -1.82. The molecular formula is C14H13F3N2S. The molecule has 0 atom stereocenters. The van der Waals surface area contributed by atoms with Crippen molar-refractivity contribution in [2.24, 2.45) is 0 Å². The Balaban J connectivity index is 2.47. The minimum atomic E-state index is -4.40. The summed E-state index contributed by atoms with van der Waals surface area (Å²) in [6.07, 6.45) is -4.40. The lowest BCUT2D eigenvalue weighted by molar-refractivity contribution is -0.137. The lowest BCUT2D eigenvalue weighted by Crippen LogP contribution is -2.08. The molecule has 0 aliphatic rings. The Morgan fingerprint density at radius 3 is 2.15 bits per heavy atom. The van der Waals surface area contributed by atoms with Crippen LogP contribution < -0.4 is 4.90 Å². The van der Waals surface area contributed by atoms with E-state index < -0.39 is 11.7 Å². The van der Waals surface area contributed by atoms with Gasteiger partial charge in [0.05, 0.1) is 5.56 Å². The van der Waals surface area contributed by atoms with Gasteiger partial charge in [-0.15, -0.1) is 0 Å². The summed E-state index contributed by atoms with van der Waals surface area (Å²) in [6.45, 7) is 0. The van der Waals surface area contributed by atoms with Gasteiger partial charge in [0.25, 0.3) is 0 Å². The molecule has 1 heterocycles. The molecule has 0 fully saturated rings. The van der Waals surface area contributed by atoms with Crippen molar-refractivity contribution in [1.29, 1.82) is 0 Å². The van der Waals surface area contributed by atoms with Crippen molar-refractivity contribution in [1.82, 2.24) is 4.98 Å². The number of hydrogen-bond donors (Lipinski definition) is 1. The Morgan fingerprint density at radius 2 is 1.65 bits per heavy atom. The number of halogens is 3. The molecule has 0 amide bonds. The first kappa shape index (κ1) is 14.6. The summed E-state index contributed by atoms with van der Waals surface area (Å²) in [7, 11) is 3.79. The van der Waals surface area contributed by atoms with E-state index >= 15 is 0 Å². The molecule has 1 N–H and O–H groups in total. The summed E-state index contributed by atoms with van der Waals surface area (Å²) in [5.74, 6) is 0. The molecule has 2 nitrogen and oxygen atoms in total. The normalized spacial score (nSPS) is 11.4. The highest BCUT2D eigenvalue weighted by molar-refractivity contribution is 7.71. The lowest BCUT2D eigenvalue weighted by Gasteiger charge is -2.13. The van der Waals surface area contributed by atoms with E-state index in [1.165, 1.54) is 0 Å². The predicted molar refractivity (Wildman–Crippen MR) is 76.4 cm³/mol. The van der Waals surface area contributed by atoms with Crippen molar-refractivity contribution < 1.29 is 13.2 Å². The first-order chi connectivity index (χ1) is 9.27. The van der Waals surface area contributed by atoms with Crippen molar-refractivity contribution in [2.75, 3.05) is 19.0 Å². The third kappa shape index (κ3) is 3.19. The highest BCUT2D eigenvalue weighted by Gasteiger charge is 2.31. The largest absolute Gasteiger partial charge is 0.416 e. The van der Waals surface area contributed by atoms with E-state index in [2.05, 4.69) is 4.98 Å². The summed E-state index contributed by atoms with van der Waals surface area (Å²) in [6, 6.07) is 9.19. The van der Waals surface area contributed by atoms with Gasteiger partial charge in [0, 0.05) is 25.5 Å². The number of pyridine rings is 1. The molecule has 0 saturated heterocycles. The second-order valence-electron chi connectivity index (χ2n) is 4.59. The minimum Gasteiger partial charge on any atom is -0.378 e. The van der Waals surface area contributed by atoms with Crippen molar-refractivity contribution in [3.05, 3.63) is 46.6 Å². The van der Waals surface area contributed by atoms with Crippen LogP contribution >= 0.6 is 12.2 Å². The van der Waals surface area contributed by atoms with Gasteiger partial charge in [-0.25, -0.2) is 0 Å². The lowest BCUT2D eigenvalue weighted by atomic mass is 10.1. The third-order valence-electron chi connectivity index (χ3n) is 2.87. The Bertz CT molecular complexity index is 657. The molecule has 20 heavy (non-hydrogen) atoms. The fraction of sp³-hybridized carbons (Fsp3) is 0.214. The van der Waals surface area contributed by atoms with Crippen LogP contribution in [0.5, 0.6) is 0 Å². The second-order valence-corrected chi connectivity index (χ2v) is 5.03. The summed E-state index contributed by atoms with van der Waals surface area (Å²) in [4.78, 5) is 4.70. The zero-order valence-corrected chi connectivity index (χ0v) is 11.8. The topological polar surface area (TPSA) is 19.0 Å². The molecule has 1 aromatic carbocycles. The molecule has 1 aromatic heterocycles. The molecule has 0 bridgehead atoms. The highest BCUT2D eigenvalue weighted by Crippen LogP contribution is 2.31. The minimum absolute atomic E-state index is 0.0616. The average Bonchev–Trinajstić information content (AvgIpc) is 2.37. The van der Waals surface area contributed by atoms with Crippen LogP contribution in [-0.4, -0.2) is 19.1 Å². The van der Waals surface area contributed by atoms with Crippen LogP contribution in [0.3, 0.4) is 0 Å². The van der Waals surface area contributed by atoms with E-state index in [9.17, 15) is 13.2 Å². The van der Waals surface area contributed by atoms with E-state index in [1.54, 1.807) is 12.1 Å². The molecule has 6 heteroatoms. The number of nitrogens with one attached hydrogen (secondary N) is 1. The monoisotopic (exact) mass is 298 g/mol. The number of benzene rings is 1. The summed E-state index contributed by atoms with van der Waals surface area (Å²) >= 11 is 4.86. The van der Waals surface area contributed by atoms with Gasteiger partial charge in [0.15, 0.2) is 0 Å². The maximum Gasteiger partial charge on any atom is 0.416 e. The van der Waals surface area contributed by atoms with Gasteiger partial charge < -0.3 is 9.88 Å². The first-order valence-electron chi connectivity index (χ1n) is 5.87. The van der Waals surface area contributed by atoms with Crippen molar-refractivity contribution in [3.63, 3.8) is 0 Å². The zero-order valence-electron chi connectivity index (χ0n) is 11.0.